The van der Waals surface area contributed by atoms with Crippen molar-refractivity contribution in [2.75, 3.05) is 19.8 Å². The first-order chi connectivity index (χ1) is 10.2. The quantitative estimate of drug-likeness (QED) is 0.444. The number of rotatable bonds is 6. The van der Waals surface area contributed by atoms with Gasteiger partial charge in [-0.2, -0.15) is 0 Å². The van der Waals surface area contributed by atoms with Crippen LogP contribution in [0.2, 0.25) is 0 Å². The summed E-state index contributed by atoms with van der Waals surface area (Å²) < 4.78 is 9.68. The minimum absolute atomic E-state index is 0.0210. The van der Waals surface area contributed by atoms with E-state index in [1.54, 1.807) is 0 Å². The Kier molecular flexibility index (Phi) is 6.41. The fourth-order valence-electron chi connectivity index (χ4n) is 3.52. The monoisotopic (exact) mass is 312 g/mol. The Hall–Kier alpha value is -1.56. The lowest BCUT2D eigenvalue weighted by Crippen LogP contribution is -2.47. The number of amides is 1. The minimum Gasteiger partial charge on any atom is -0.459 e. The second-order valence-corrected chi connectivity index (χ2v) is 7.18. The third-order valence-electron chi connectivity index (χ3n) is 3.86. The lowest BCUT2D eigenvalue weighted by atomic mass is 9.63. The standard InChI is InChI=1S/C16H28N2O4/c1-5-13(19)21-6-7-22-14(20)18-11-16(4)9-12(17)8-15(2,3)10-16/h5,12H,1,6-11,17H2,2-4H3,(H,18,20). The van der Waals surface area contributed by atoms with Gasteiger partial charge in [-0.3, -0.25) is 0 Å². The molecule has 0 radical (unpaired) electrons. The fraction of sp³-hybridized carbons (Fsp3) is 0.750. The summed E-state index contributed by atoms with van der Waals surface area (Å²) in [5, 5.41) is 2.78. The highest BCUT2D eigenvalue weighted by Crippen LogP contribution is 2.45. The summed E-state index contributed by atoms with van der Waals surface area (Å²) in [6.45, 7) is 10.4. The van der Waals surface area contributed by atoms with Gasteiger partial charge in [-0.1, -0.05) is 27.4 Å². The van der Waals surface area contributed by atoms with Crippen molar-refractivity contribution in [3.63, 3.8) is 0 Å². The number of esters is 1. The molecule has 0 aromatic rings. The molecule has 0 heterocycles. The van der Waals surface area contributed by atoms with E-state index in [1.165, 1.54) is 0 Å². The van der Waals surface area contributed by atoms with Crippen molar-refractivity contribution in [3.05, 3.63) is 12.7 Å². The molecule has 6 nitrogen and oxygen atoms in total. The number of alkyl carbamates (subject to hydrolysis) is 1. The Morgan fingerprint density at radius 3 is 2.50 bits per heavy atom. The van der Waals surface area contributed by atoms with Gasteiger partial charge in [-0.25, -0.2) is 9.59 Å². The number of nitrogens with one attached hydrogen (secondary N) is 1. The van der Waals surface area contributed by atoms with Gasteiger partial charge in [0.2, 0.25) is 0 Å². The lowest BCUT2D eigenvalue weighted by Gasteiger charge is -2.45. The van der Waals surface area contributed by atoms with Crippen LogP contribution in [0.3, 0.4) is 0 Å². The predicted octanol–water partition coefficient (Wildman–Crippen LogP) is 1.99. The lowest BCUT2D eigenvalue weighted by molar-refractivity contribution is -0.138. The molecule has 1 rings (SSSR count). The van der Waals surface area contributed by atoms with E-state index in [0.717, 1.165) is 25.3 Å². The smallest absolute Gasteiger partial charge is 0.407 e. The maximum absolute atomic E-state index is 11.7. The number of carbonyl (C=O) groups is 2. The normalized spacial score (nSPS) is 26.8. The first-order valence-electron chi connectivity index (χ1n) is 7.61. The molecule has 2 atom stereocenters. The largest absolute Gasteiger partial charge is 0.459 e. The van der Waals surface area contributed by atoms with E-state index in [9.17, 15) is 9.59 Å². The predicted molar refractivity (Wildman–Crippen MR) is 84.2 cm³/mol. The van der Waals surface area contributed by atoms with Crippen molar-refractivity contribution in [2.24, 2.45) is 16.6 Å². The highest BCUT2D eigenvalue weighted by Gasteiger charge is 2.40. The molecule has 0 aromatic carbocycles. The SMILES string of the molecule is C=CC(=O)OCCOC(=O)NCC1(C)CC(N)CC(C)(C)C1. The van der Waals surface area contributed by atoms with Gasteiger partial charge in [0.1, 0.15) is 13.2 Å². The molecule has 0 spiro atoms. The van der Waals surface area contributed by atoms with Crippen molar-refractivity contribution < 1.29 is 19.1 Å². The Morgan fingerprint density at radius 1 is 1.27 bits per heavy atom. The van der Waals surface area contributed by atoms with Crippen LogP contribution in [0.15, 0.2) is 12.7 Å². The van der Waals surface area contributed by atoms with Gasteiger partial charge in [0, 0.05) is 18.7 Å². The average Bonchev–Trinajstić information content (AvgIpc) is 2.38. The van der Waals surface area contributed by atoms with E-state index >= 15 is 0 Å². The van der Waals surface area contributed by atoms with Crippen molar-refractivity contribution in [1.29, 1.82) is 0 Å². The molecule has 0 aliphatic heterocycles. The molecule has 6 heteroatoms. The maximum atomic E-state index is 11.7. The molecule has 1 amide bonds. The van der Waals surface area contributed by atoms with Crippen LogP contribution in [-0.4, -0.2) is 37.9 Å². The summed E-state index contributed by atoms with van der Waals surface area (Å²) in [6.07, 6.45) is 3.45. The molecule has 1 fully saturated rings. The summed E-state index contributed by atoms with van der Waals surface area (Å²) >= 11 is 0. The highest BCUT2D eigenvalue weighted by atomic mass is 16.6. The van der Waals surface area contributed by atoms with Gasteiger partial charge in [0.05, 0.1) is 0 Å². The molecule has 1 aliphatic carbocycles. The zero-order valence-corrected chi connectivity index (χ0v) is 13.8. The third-order valence-corrected chi connectivity index (χ3v) is 3.86. The van der Waals surface area contributed by atoms with Gasteiger partial charge in [-0.15, -0.1) is 0 Å². The molecule has 0 saturated heterocycles. The molecule has 3 N–H and O–H groups in total. The molecular formula is C16H28N2O4. The van der Waals surface area contributed by atoms with E-state index in [0.29, 0.717) is 6.54 Å². The summed E-state index contributed by atoms with van der Waals surface area (Å²) in [4.78, 5) is 22.5. The van der Waals surface area contributed by atoms with Crippen LogP contribution in [0, 0.1) is 10.8 Å². The van der Waals surface area contributed by atoms with Crippen LogP contribution in [0.1, 0.15) is 40.0 Å². The first-order valence-corrected chi connectivity index (χ1v) is 7.61. The van der Waals surface area contributed by atoms with Crippen molar-refractivity contribution in [3.8, 4) is 0 Å². The Labute approximate surface area is 132 Å². The molecule has 126 valence electrons. The number of hydrogen-bond acceptors (Lipinski definition) is 5. The van der Waals surface area contributed by atoms with Crippen molar-refractivity contribution >= 4 is 12.1 Å². The molecule has 0 aromatic heterocycles. The Morgan fingerprint density at radius 2 is 1.91 bits per heavy atom. The van der Waals surface area contributed by atoms with Crippen LogP contribution in [0.25, 0.3) is 0 Å². The molecule has 1 aliphatic rings. The van der Waals surface area contributed by atoms with E-state index in [2.05, 4.69) is 32.7 Å². The summed E-state index contributed by atoms with van der Waals surface area (Å²) in [5.41, 5.74) is 6.28. The van der Waals surface area contributed by atoms with Gasteiger partial charge >= 0.3 is 12.1 Å². The van der Waals surface area contributed by atoms with Gasteiger partial charge in [0.15, 0.2) is 0 Å². The maximum Gasteiger partial charge on any atom is 0.407 e. The van der Waals surface area contributed by atoms with Crippen LogP contribution in [-0.2, 0) is 14.3 Å². The zero-order chi connectivity index (χ0) is 16.8. The van der Waals surface area contributed by atoms with Crippen LogP contribution < -0.4 is 11.1 Å². The first kappa shape index (κ1) is 18.5. The van der Waals surface area contributed by atoms with Crippen LogP contribution in [0.5, 0.6) is 0 Å². The average molecular weight is 312 g/mol. The van der Waals surface area contributed by atoms with E-state index in [4.69, 9.17) is 15.2 Å². The molecular weight excluding hydrogens is 284 g/mol. The summed E-state index contributed by atoms with van der Waals surface area (Å²) in [5.74, 6) is -0.532. The number of nitrogens with two attached hydrogens (primary N) is 1. The Bertz CT molecular complexity index is 422. The van der Waals surface area contributed by atoms with Crippen molar-refractivity contribution in [1.82, 2.24) is 5.32 Å². The van der Waals surface area contributed by atoms with Crippen LogP contribution >= 0.6 is 0 Å². The van der Waals surface area contributed by atoms with Crippen LogP contribution in [0.4, 0.5) is 4.79 Å². The zero-order valence-electron chi connectivity index (χ0n) is 13.8. The van der Waals surface area contributed by atoms with E-state index in [-0.39, 0.29) is 30.1 Å². The summed E-state index contributed by atoms with van der Waals surface area (Å²) in [6, 6.07) is 0.157. The molecule has 1 saturated carbocycles. The second-order valence-electron chi connectivity index (χ2n) is 7.18. The van der Waals surface area contributed by atoms with Gasteiger partial charge in [-0.05, 0) is 30.1 Å². The fourth-order valence-corrected chi connectivity index (χ4v) is 3.52. The van der Waals surface area contributed by atoms with Crippen molar-refractivity contribution in [2.45, 2.75) is 46.1 Å². The summed E-state index contributed by atoms with van der Waals surface area (Å²) in [7, 11) is 0. The van der Waals surface area contributed by atoms with E-state index in [1.807, 2.05) is 0 Å². The second kappa shape index (κ2) is 7.63. The number of carbonyl (C=O) groups excluding carboxylic acids is 2. The number of hydrogen-bond donors (Lipinski definition) is 2. The van der Waals surface area contributed by atoms with E-state index < -0.39 is 12.1 Å². The molecule has 0 bridgehead atoms. The third kappa shape index (κ3) is 6.47. The van der Waals surface area contributed by atoms with Gasteiger partial charge < -0.3 is 20.5 Å². The topological polar surface area (TPSA) is 90.6 Å². The highest BCUT2D eigenvalue weighted by molar-refractivity contribution is 5.81. The molecule has 2 unspecified atom stereocenters. The van der Waals surface area contributed by atoms with Gasteiger partial charge in [0.25, 0.3) is 0 Å². The Balaban J connectivity index is 2.30. The number of ether oxygens (including phenoxy) is 2. The molecule has 22 heavy (non-hydrogen) atoms. The minimum atomic E-state index is -0.532.